The van der Waals surface area contributed by atoms with Crippen LogP contribution in [-0.2, 0) is 14.3 Å². The number of benzene rings is 1. The maximum Gasteiger partial charge on any atom is 0.191 e. The van der Waals surface area contributed by atoms with Gasteiger partial charge in [0, 0.05) is 6.61 Å². The summed E-state index contributed by atoms with van der Waals surface area (Å²) in [5, 5.41) is 0.183. The number of rotatable bonds is 7. The molecule has 0 radical (unpaired) electrons. The maximum absolute atomic E-state index is 12.3. The first-order valence-electron chi connectivity index (χ1n) is 7.87. The van der Waals surface area contributed by atoms with Crippen LogP contribution < -0.4 is 0 Å². The molecule has 0 aliphatic carbocycles. The van der Waals surface area contributed by atoms with Gasteiger partial charge < -0.3 is 4.43 Å². The van der Waals surface area contributed by atoms with Crippen LogP contribution in [0.25, 0.3) is 0 Å². The minimum atomic E-state index is -3.18. The summed E-state index contributed by atoms with van der Waals surface area (Å²) < 4.78 is 30.7. The van der Waals surface area contributed by atoms with Gasteiger partial charge in [0.15, 0.2) is 18.2 Å². The Hall–Kier alpha value is -0.653. The zero-order valence-electron chi connectivity index (χ0n) is 14.7. The SMILES string of the molecule is CC(CCS(=O)(=O)c1ccccc1)CO[Si](C)(C)C(C)(C)C. The van der Waals surface area contributed by atoms with Gasteiger partial charge in [-0.05, 0) is 42.6 Å². The van der Waals surface area contributed by atoms with Crippen LogP contribution in [-0.4, -0.2) is 29.1 Å². The Labute approximate surface area is 137 Å². The van der Waals surface area contributed by atoms with Gasteiger partial charge >= 0.3 is 0 Å². The van der Waals surface area contributed by atoms with Gasteiger partial charge in [0.2, 0.25) is 0 Å². The summed E-state index contributed by atoms with van der Waals surface area (Å²) in [5.41, 5.74) is 0. The Morgan fingerprint density at radius 3 is 2.18 bits per heavy atom. The highest BCUT2D eigenvalue weighted by atomic mass is 32.2. The van der Waals surface area contributed by atoms with Crippen molar-refractivity contribution in [2.75, 3.05) is 12.4 Å². The summed E-state index contributed by atoms with van der Waals surface area (Å²) in [7, 11) is -4.94. The second-order valence-electron chi connectivity index (χ2n) is 7.60. The molecule has 1 aromatic carbocycles. The van der Waals surface area contributed by atoms with Crippen LogP contribution in [0.3, 0.4) is 0 Å². The van der Waals surface area contributed by atoms with Gasteiger partial charge in [-0.2, -0.15) is 0 Å². The third-order valence-electron chi connectivity index (χ3n) is 4.52. The summed E-state index contributed by atoms with van der Waals surface area (Å²) in [6.07, 6.45) is 0.631. The van der Waals surface area contributed by atoms with Gasteiger partial charge in [0.05, 0.1) is 10.6 Å². The highest BCUT2D eigenvalue weighted by Gasteiger charge is 2.37. The van der Waals surface area contributed by atoms with E-state index < -0.39 is 18.2 Å². The van der Waals surface area contributed by atoms with Crippen LogP contribution in [0.5, 0.6) is 0 Å². The molecular weight excluding hydrogens is 312 g/mol. The molecule has 0 N–H and O–H groups in total. The van der Waals surface area contributed by atoms with Crippen LogP contribution in [0.15, 0.2) is 35.2 Å². The van der Waals surface area contributed by atoms with Crippen LogP contribution in [0.2, 0.25) is 18.1 Å². The lowest BCUT2D eigenvalue weighted by Crippen LogP contribution is -2.41. The van der Waals surface area contributed by atoms with Crippen LogP contribution in [0.4, 0.5) is 0 Å². The molecular formula is C17H30O3SSi. The molecule has 0 amide bonds. The summed E-state index contributed by atoms with van der Waals surface area (Å²) in [6, 6.07) is 8.67. The second-order valence-corrected chi connectivity index (χ2v) is 14.5. The molecule has 1 unspecified atom stereocenters. The van der Waals surface area contributed by atoms with E-state index >= 15 is 0 Å². The highest BCUT2D eigenvalue weighted by molar-refractivity contribution is 7.91. The second kappa shape index (κ2) is 7.28. The molecule has 0 aromatic heterocycles. The van der Waals surface area contributed by atoms with Crippen molar-refractivity contribution in [1.82, 2.24) is 0 Å². The molecule has 1 atom stereocenters. The van der Waals surface area contributed by atoms with Crippen LogP contribution in [0.1, 0.15) is 34.1 Å². The predicted octanol–water partition coefficient (Wildman–Crippen LogP) is 4.51. The first-order chi connectivity index (χ1) is 9.96. The van der Waals surface area contributed by atoms with Crippen molar-refractivity contribution >= 4 is 18.2 Å². The van der Waals surface area contributed by atoms with Crippen molar-refractivity contribution in [2.45, 2.75) is 57.1 Å². The third-order valence-corrected chi connectivity index (χ3v) is 10.8. The van der Waals surface area contributed by atoms with Crippen LogP contribution >= 0.6 is 0 Å². The average Bonchev–Trinajstić information content (AvgIpc) is 2.43. The zero-order valence-corrected chi connectivity index (χ0v) is 16.5. The molecule has 0 saturated heterocycles. The van der Waals surface area contributed by atoms with E-state index in [0.717, 1.165) is 0 Å². The van der Waals surface area contributed by atoms with Crippen LogP contribution in [0, 0.1) is 5.92 Å². The van der Waals surface area contributed by atoms with E-state index in [0.29, 0.717) is 17.9 Å². The predicted molar refractivity (Wildman–Crippen MR) is 95.4 cm³/mol. The Bertz CT molecular complexity index is 559. The summed E-state index contributed by atoms with van der Waals surface area (Å²) in [4.78, 5) is 0.410. The van der Waals surface area contributed by atoms with Crippen molar-refractivity contribution in [1.29, 1.82) is 0 Å². The minimum absolute atomic E-state index is 0.180. The van der Waals surface area contributed by atoms with E-state index in [4.69, 9.17) is 4.43 Å². The minimum Gasteiger partial charge on any atom is -0.417 e. The Kier molecular flexibility index (Phi) is 6.42. The molecule has 0 fully saturated rings. The molecule has 0 bridgehead atoms. The fourth-order valence-electron chi connectivity index (χ4n) is 1.75. The van der Waals surface area contributed by atoms with Crippen molar-refractivity contribution in [3.63, 3.8) is 0 Å². The van der Waals surface area contributed by atoms with E-state index in [1.807, 2.05) is 6.07 Å². The lowest BCUT2D eigenvalue weighted by molar-refractivity contribution is 0.235. The van der Waals surface area contributed by atoms with Crippen molar-refractivity contribution < 1.29 is 12.8 Å². The molecule has 0 saturated carbocycles. The topological polar surface area (TPSA) is 43.4 Å². The Morgan fingerprint density at radius 1 is 1.14 bits per heavy atom. The van der Waals surface area contributed by atoms with Gasteiger partial charge in [-0.25, -0.2) is 8.42 Å². The quantitative estimate of drug-likeness (QED) is 0.685. The standard InChI is InChI=1S/C17H30O3SSi/c1-15(14-20-22(5,6)17(2,3)4)12-13-21(18,19)16-10-8-7-9-11-16/h7-11,15H,12-14H2,1-6H3. The van der Waals surface area contributed by atoms with Gasteiger partial charge in [0.25, 0.3) is 0 Å². The first kappa shape index (κ1) is 19.4. The molecule has 3 nitrogen and oxygen atoms in total. The monoisotopic (exact) mass is 342 g/mol. The third kappa shape index (κ3) is 5.52. The molecule has 0 heterocycles. The zero-order chi connectivity index (χ0) is 17.0. The molecule has 5 heteroatoms. The van der Waals surface area contributed by atoms with E-state index in [9.17, 15) is 8.42 Å². The van der Waals surface area contributed by atoms with E-state index in [1.54, 1.807) is 24.3 Å². The van der Waals surface area contributed by atoms with Crippen molar-refractivity contribution in [3.05, 3.63) is 30.3 Å². The smallest absolute Gasteiger partial charge is 0.191 e. The molecule has 0 aliphatic heterocycles. The summed E-state index contributed by atoms with van der Waals surface area (Å²) in [5.74, 6) is 0.423. The lowest BCUT2D eigenvalue weighted by atomic mass is 10.1. The molecule has 0 aliphatic rings. The first-order valence-corrected chi connectivity index (χ1v) is 12.4. The van der Waals surface area contributed by atoms with Crippen molar-refractivity contribution in [3.8, 4) is 0 Å². The number of hydrogen-bond acceptors (Lipinski definition) is 3. The van der Waals surface area contributed by atoms with E-state index in [2.05, 4.69) is 40.8 Å². The van der Waals surface area contributed by atoms with Gasteiger partial charge in [-0.3, -0.25) is 0 Å². The fourth-order valence-corrected chi connectivity index (χ4v) is 4.41. The summed E-state index contributed by atoms with van der Waals surface area (Å²) in [6.45, 7) is 13.8. The normalized spacial score (nSPS) is 14.8. The molecule has 126 valence electrons. The highest BCUT2D eigenvalue weighted by Crippen LogP contribution is 2.36. The molecule has 1 rings (SSSR count). The van der Waals surface area contributed by atoms with Crippen molar-refractivity contribution in [2.24, 2.45) is 5.92 Å². The number of sulfone groups is 1. The Morgan fingerprint density at radius 2 is 1.68 bits per heavy atom. The van der Waals surface area contributed by atoms with Gasteiger partial charge in [-0.1, -0.05) is 45.9 Å². The molecule has 0 spiro atoms. The lowest BCUT2D eigenvalue weighted by Gasteiger charge is -2.37. The maximum atomic E-state index is 12.3. The van der Waals surface area contributed by atoms with E-state index in [-0.39, 0.29) is 16.7 Å². The largest absolute Gasteiger partial charge is 0.417 e. The summed E-state index contributed by atoms with van der Waals surface area (Å²) >= 11 is 0. The van der Waals surface area contributed by atoms with Gasteiger partial charge in [0.1, 0.15) is 0 Å². The molecule has 22 heavy (non-hydrogen) atoms. The molecule has 1 aromatic rings. The number of hydrogen-bond donors (Lipinski definition) is 0. The van der Waals surface area contributed by atoms with E-state index in [1.165, 1.54) is 0 Å². The average molecular weight is 343 g/mol. The fraction of sp³-hybridized carbons (Fsp3) is 0.647. The Balaban J connectivity index is 2.52. The van der Waals surface area contributed by atoms with Gasteiger partial charge in [-0.15, -0.1) is 0 Å².